The van der Waals surface area contributed by atoms with Crippen LogP contribution in [-0.2, 0) is 14.4 Å². The first-order valence-electron chi connectivity index (χ1n) is 7.15. The number of hydrogen-bond donors (Lipinski definition) is 1. The van der Waals surface area contributed by atoms with Crippen LogP contribution in [0.1, 0.15) is 52.9 Å². The fraction of sp³-hybridized carbons (Fsp3) is 0.667. The third-order valence-electron chi connectivity index (χ3n) is 4.95. The third-order valence-corrected chi connectivity index (χ3v) is 4.95. The van der Waals surface area contributed by atoms with Crippen molar-refractivity contribution in [1.82, 2.24) is 4.90 Å². The molecule has 0 atom stereocenters. The van der Waals surface area contributed by atoms with Crippen molar-refractivity contribution in [3.63, 3.8) is 0 Å². The molecule has 0 saturated heterocycles. The molecule has 1 saturated carbocycles. The van der Waals surface area contributed by atoms with Crippen LogP contribution in [0.5, 0.6) is 0 Å². The van der Waals surface area contributed by atoms with Crippen molar-refractivity contribution in [3.05, 3.63) is 11.1 Å². The van der Waals surface area contributed by atoms with Crippen molar-refractivity contribution in [2.24, 2.45) is 5.92 Å². The smallest absolute Gasteiger partial charge is 0.330 e. The Morgan fingerprint density at radius 3 is 2.00 bits per heavy atom. The first-order chi connectivity index (χ1) is 9.35. The molecule has 1 fully saturated rings. The Labute approximate surface area is 118 Å². The van der Waals surface area contributed by atoms with Crippen molar-refractivity contribution in [3.8, 4) is 0 Å². The largest absolute Gasteiger partial charge is 0.479 e. The van der Waals surface area contributed by atoms with E-state index in [-0.39, 0.29) is 0 Å². The van der Waals surface area contributed by atoms with Crippen molar-refractivity contribution in [1.29, 1.82) is 0 Å². The summed E-state index contributed by atoms with van der Waals surface area (Å²) in [6.45, 7) is 5.26. The molecule has 0 spiro atoms. The van der Waals surface area contributed by atoms with E-state index < -0.39 is 23.3 Å². The Bertz CT molecular complexity index is 474. The van der Waals surface area contributed by atoms with Crippen molar-refractivity contribution < 1.29 is 19.5 Å². The van der Waals surface area contributed by atoms with Crippen LogP contribution in [0.25, 0.3) is 0 Å². The number of rotatable bonds is 3. The summed E-state index contributed by atoms with van der Waals surface area (Å²) in [5, 5.41) is 9.65. The molecule has 0 aromatic heterocycles. The van der Waals surface area contributed by atoms with Crippen LogP contribution in [0.4, 0.5) is 0 Å². The SMILES string of the molecule is CCC1CCC(C(=O)O)(N2C(=O)C(C)=C(C)C2=O)CC1. The molecule has 0 unspecified atom stereocenters. The maximum absolute atomic E-state index is 12.3. The number of imide groups is 1. The highest BCUT2D eigenvalue weighted by Gasteiger charge is 2.54. The Hall–Kier alpha value is -1.65. The average Bonchev–Trinajstić information content (AvgIpc) is 2.63. The van der Waals surface area contributed by atoms with Crippen LogP contribution >= 0.6 is 0 Å². The molecule has 5 nitrogen and oxygen atoms in total. The van der Waals surface area contributed by atoms with Crippen LogP contribution in [0.3, 0.4) is 0 Å². The molecule has 1 N–H and O–H groups in total. The first kappa shape index (κ1) is 14.8. The zero-order valence-corrected chi connectivity index (χ0v) is 12.2. The number of carbonyl (C=O) groups is 3. The fourth-order valence-corrected chi connectivity index (χ4v) is 3.23. The third kappa shape index (κ3) is 1.96. The van der Waals surface area contributed by atoms with E-state index in [0.29, 0.717) is 29.9 Å². The zero-order valence-electron chi connectivity index (χ0n) is 12.2. The zero-order chi connectivity index (χ0) is 15.1. The molecule has 0 aromatic rings. The Morgan fingerprint density at radius 1 is 1.20 bits per heavy atom. The van der Waals surface area contributed by atoms with Crippen LogP contribution < -0.4 is 0 Å². The van der Waals surface area contributed by atoms with Gasteiger partial charge in [0.25, 0.3) is 11.8 Å². The summed E-state index contributed by atoms with van der Waals surface area (Å²) in [7, 11) is 0. The number of carboxylic acid groups (broad SMARTS) is 1. The van der Waals surface area contributed by atoms with Crippen LogP contribution in [0, 0.1) is 5.92 Å². The van der Waals surface area contributed by atoms with E-state index in [2.05, 4.69) is 6.92 Å². The highest BCUT2D eigenvalue weighted by molar-refractivity contribution is 6.20. The Balaban J connectivity index is 2.35. The van der Waals surface area contributed by atoms with Gasteiger partial charge in [-0.3, -0.25) is 14.5 Å². The van der Waals surface area contributed by atoms with Gasteiger partial charge in [0.05, 0.1) is 0 Å². The molecule has 1 heterocycles. The average molecular weight is 279 g/mol. The Kier molecular flexibility index (Phi) is 3.71. The normalized spacial score (nSPS) is 31.1. The van der Waals surface area contributed by atoms with Crippen LogP contribution in [0.15, 0.2) is 11.1 Å². The molecule has 0 radical (unpaired) electrons. The van der Waals surface area contributed by atoms with Crippen molar-refractivity contribution >= 4 is 17.8 Å². The van der Waals surface area contributed by atoms with Gasteiger partial charge < -0.3 is 5.11 Å². The van der Waals surface area contributed by atoms with E-state index >= 15 is 0 Å². The summed E-state index contributed by atoms with van der Waals surface area (Å²) >= 11 is 0. The standard InChI is InChI=1S/C15H21NO4/c1-4-11-5-7-15(8-6-11,14(19)20)16-12(17)9(2)10(3)13(16)18/h11H,4-8H2,1-3H3,(H,19,20). The molecule has 1 aliphatic heterocycles. The highest BCUT2D eigenvalue weighted by atomic mass is 16.4. The molecule has 110 valence electrons. The maximum atomic E-state index is 12.3. The molecule has 0 bridgehead atoms. The quantitative estimate of drug-likeness (QED) is 0.803. The van der Waals surface area contributed by atoms with Gasteiger partial charge in [0.15, 0.2) is 0 Å². The summed E-state index contributed by atoms with van der Waals surface area (Å²) in [6, 6.07) is 0. The molecule has 20 heavy (non-hydrogen) atoms. The topological polar surface area (TPSA) is 74.7 Å². The van der Waals surface area contributed by atoms with Gasteiger partial charge in [-0.15, -0.1) is 0 Å². The van der Waals surface area contributed by atoms with E-state index in [0.717, 1.165) is 24.2 Å². The lowest BCUT2D eigenvalue weighted by Crippen LogP contribution is -2.59. The van der Waals surface area contributed by atoms with Gasteiger partial charge in [-0.2, -0.15) is 0 Å². The summed E-state index contributed by atoms with van der Waals surface area (Å²) in [6.07, 6.45) is 3.22. The highest BCUT2D eigenvalue weighted by Crippen LogP contribution is 2.41. The number of carboxylic acids is 1. The van der Waals surface area contributed by atoms with Gasteiger partial charge in [0.2, 0.25) is 0 Å². The summed E-state index contributed by atoms with van der Waals surface area (Å²) < 4.78 is 0. The van der Waals surface area contributed by atoms with E-state index in [4.69, 9.17) is 0 Å². The van der Waals surface area contributed by atoms with E-state index in [1.165, 1.54) is 0 Å². The molecule has 1 aliphatic carbocycles. The minimum atomic E-state index is -1.35. The van der Waals surface area contributed by atoms with E-state index in [1.54, 1.807) is 13.8 Å². The second-order valence-corrected chi connectivity index (χ2v) is 5.88. The van der Waals surface area contributed by atoms with Gasteiger partial charge in [0.1, 0.15) is 5.54 Å². The van der Waals surface area contributed by atoms with Gasteiger partial charge >= 0.3 is 5.97 Å². The Morgan fingerprint density at radius 2 is 1.65 bits per heavy atom. The number of hydrogen-bond acceptors (Lipinski definition) is 3. The molecular weight excluding hydrogens is 258 g/mol. The molecule has 2 aliphatic rings. The van der Waals surface area contributed by atoms with Crippen LogP contribution in [-0.4, -0.2) is 33.3 Å². The predicted octanol–water partition coefficient (Wildman–Crippen LogP) is 2.12. The summed E-state index contributed by atoms with van der Waals surface area (Å²) in [5.74, 6) is -1.45. The second-order valence-electron chi connectivity index (χ2n) is 5.88. The summed E-state index contributed by atoms with van der Waals surface area (Å²) in [4.78, 5) is 37.3. The molecule has 5 heteroatoms. The van der Waals surface area contributed by atoms with E-state index in [9.17, 15) is 19.5 Å². The second kappa shape index (κ2) is 5.04. The lowest BCUT2D eigenvalue weighted by molar-refractivity contribution is -0.165. The van der Waals surface area contributed by atoms with Crippen molar-refractivity contribution in [2.75, 3.05) is 0 Å². The molecule has 0 aromatic carbocycles. The van der Waals surface area contributed by atoms with E-state index in [1.807, 2.05) is 0 Å². The number of amides is 2. The summed E-state index contributed by atoms with van der Waals surface area (Å²) in [5.41, 5.74) is -0.611. The van der Waals surface area contributed by atoms with Gasteiger partial charge in [0, 0.05) is 11.1 Å². The van der Waals surface area contributed by atoms with Crippen LogP contribution in [0.2, 0.25) is 0 Å². The number of carbonyl (C=O) groups excluding carboxylic acids is 2. The number of nitrogens with zero attached hydrogens (tertiary/aromatic N) is 1. The number of aliphatic carboxylic acids is 1. The maximum Gasteiger partial charge on any atom is 0.330 e. The first-order valence-corrected chi connectivity index (χ1v) is 7.15. The van der Waals surface area contributed by atoms with Gasteiger partial charge in [-0.1, -0.05) is 13.3 Å². The lowest BCUT2D eigenvalue weighted by Gasteiger charge is -2.42. The van der Waals surface area contributed by atoms with Crippen molar-refractivity contribution in [2.45, 2.75) is 58.4 Å². The minimum absolute atomic E-state index is 0.360. The minimum Gasteiger partial charge on any atom is -0.479 e. The predicted molar refractivity (Wildman–Crippen MR) is 72.8 cm³/mol. The molecule has 2 amide bonds. The lowest BCUT2D eigenvalue weighted by atomic mass is 9.74. The fourth-order valence-electron chi connectivity index (χ4n) is 3.23. The monoisotopic (exact) mass is 279 g/mol. The van der Waals surface area contributed by atoms with Gasteiger partial charge in [-0.05, 0) is 45.4 Å². The molecular formula is C15H21NO4. The van der Waals surface area contributed by atoms with Gasteiger partial charge in [-0.25, -0.2) is 4.79 Å². The molecule has 2 rings (SSSR count).